The van der Waals surface area contributed by atoms with Gasteiger partial charge in [0, 0.05) is 6.54 Å². The van der Waals surface area contributed by atoms with Crippen molar-refractivity contribution >= 4 is 5.91 Å². The second-order valence-corrected chi connectivity index (χ2v) is 5.02. The highest BCUT2D eigenvalue weighted by Crippen LogP contribution is 2.18. The van der Waals surface area contributed by atoms with E-state index in [1.165, 1.54) is 18.7 Å². The van der Waals surface area contributed by atoms with Gasteiger partial charge in [-0.3, -0.25) is 9.48 Å². The largest absolute Gasteiger partial charge is 0.345 e. The van der Waals surface area contributed by atoms with Gasteiger partial charge < -0.3 is 5.32 Å². The number of aryl methyl sites for hydroxylation is 1. The smallest absolute Gasteiger partial charge is 0.253 e. The molecule has 0 bridgehead atoms. The zero-order chi connectivity index (χ0) is 15.9. The summed E-state index contributed by atoms with van der Waals surface area (Å²) in [5.41, 5.74) is 1.53. The monoisotopic (exact) mass is 308 g/mol. The predicted molar refractivity (Wildman–Crippen MR) is 83.3 cm³/mol. The molecule has 2 aromatic heterocycles. The van der Waals surface area contributed by atoms with E-state index in [4.69, 9.17) is 0 Å². The van der Waals surface area contributed by atoms with E-state index in [0.29, 0.717) is 18.5 Å². The van der Waals surface area contributed by atoms with E-state index in [2.05, 4.69) is 25.6 Å². The molecule has 0 fully saturated rings. The Labute approximate surface area is 133 Å². The number of rotatable bonds is 6. The van der Waals surface area contributed by atoms with Crippen molar-refractivity contribution in [3.63, 3.8) is 0 Å². The summed E-state index contributed by atoms with van der Waals surface area (Å²) in [7, 11) is 0. The highest BCUT2D eigenvalue weighted by molar-refractivity contribution is 5.94. The minimum Gasteiger partial charge on any atom is -0.345 e. The lowest BCUT2D eigenvalue weighted by Crippen LogP contribution is -2.29. The van der Waals surface area contributed by atoms with Crippen LogP contribution in [0.25, 0.3) is 0 Å². The van der Waals surface area contributed by atoms with Crippen molar-refractivity contribution in [2.75, 3.05) is 0 Å². The fourth-order valence-corrected chi connectivity index (χ4v) is 2.28. The molecule has 3 aromatic rings. The average molecular weight is 308 g/mol. The van der Waals surface area contributed by atoms with Crippen molar-refractivity contribution < 1.29 is 4.79 Å². The van der Waals surface area contributed by atoms with Crippen LogP contribution in [0.15, 0.2) is 61.4 Å². The average Bonchev–Trinajstić information content (AvgIpc) is 3.13. The molecule has 0 radical (unpaired) electrons. The Bertz CT molecular complexity index is 730. The number of aromatic nitrogens is 5. The third kappa shape index (κ3) is 3.97. The second-order valence-electron chi connectivity index (χ2n) is 5.02. The van der Waals surface area contributed by atoms with Crippen molar-refractivity contribution in [2.45, 2.75) is 19.0 Å². The number of hydrogen-bond acceptors (Lipinski definition) is 5. The maximum atomic E-state index is 12.4. The van der Waals surface area contributed by atoms with E-state index in [1.807, 2.05) is 30.3 Å². The number of nitrogens with zero attached hydrogens (tertiary/aromatic N) is 5. The van der Waals surface area contributed by atoms with Crippen LogP contribution in [-0.4, -0.2) is 30.9 Å². The Hall–Kier alpha value is -3.09. The number of hydrogen-bond donors (Lipinski definition) is 1. The fourth-order valence-electron chi connectivity index (χ4n) is 2.28. The second kappa shape index (κ2) is 7.26. The van der Waals surface area contributed by atoms with E-state index in [0.717, 1.165) is 5.56 Å². The summed E-state index contributed by atoms with van der Waals surface area (Å²) >= 11 is 0. The molecule has 3 rings (SSSR count). The van der Waals surface area contributed by atoms with Gasteiger partial charge in [-0.1, -0.05) is 30.3 Å². The summed E-state index contributed by atoms with van der Waals surface area (Å²) in [4.78, 5) is 16.3. The van der Waals surface area contributed by atoms with Gasteiger partial charge in [-0.15, -0.1) is 0 Å². The van der Waals surface area contributed by atoms with Crippen LogP contribution in [0.5, 0.6) is 0 Å². The molecular formula is C16H16N6O. The molecule has 0 saturated heterocycles. The first-order chi connectivity index (χ1) is 11.3. The lowest BCUT2D eigenvalue weighted by Gasteiger charge is -2.19. The zero-order valence-electron chi connectivity index (χ0n) is 12.4. The fraction of sp³-hybridized carbons (Fsp3) is 0.188. The molecule has 1 atom stereocenters. The summed E-state index contributed by atoms with van der Waals surface area (Å²) in [6, 6.07) is 11.4. The lowest BCUT2D eigenvalue weighted by atomic mass is 10.0. The van der Waals surface area contributed by atoms with E-state index < -0.39 is 0 Å². The van der Waals surface area contributed by atoms with Crippen molar-refractivity contribution in [1.29, 1.82) is 0 Å². The molecular weight excluding hydrogens is 292 g/mol. The molecule has 7 nitrogen and oxygen atoms in total. The predicted octanol–water partition coefficient (Wildman–Crippen LogP) is 1.63. The van der Waals surface area contributed by atoms with Gasteiger partial charge in [0.2, 0.25) is 0 Å². The van der Waals surface area contributed by atoms with E-state index in [1.54, 1.807) is 17.1 Å². The molecule has 0 saturated carbocycles. The standard InChI is InChI=1S/C16H16N6O/c23-16(14-6-8-18-19-10-14)21-15(13-4-2-1-3-5-13)7-9-22-12-17-11-20-22/h1-6,8,10-12,15H,7,9H2,(H,21,23). The van der Waals surface area contributed by atoms with Crippen LogP contribution in [0.1, 0.15) is 28.4 Å². The number of amides is 1. The molecule has 0 aliphatic carbocycles. The van der Waals surface area contributed by atoms with Crippen LogP contribution in [0.4, 0.5) is 0 Å². The molecule has 0 spiro atoms. The molecule has 23 heavy (non-hydrogen) atoms. The molecule has 1 unspecified atom stereocenters. The first-order valence-electron chi connectivity index (χ1n) is 7.28. The summed E-state index contributed by atoms with van der Waals surface area (Å²) < 4.78 is 1.75. The molecule has 0 aliphatic rings. The minimum atomic E-state index is -0.174. The van der Waals surface area contributed by atoms with Crippen molar-refractivity contribution in [3.8, 4) is 0 Å². The Morgan fingerprint density at radius 2 is 2.04 bits per heavy atom. The number of carbonyl (C=O) groups is 1. The zero-order valence-corrected chi connectivity index (χ0v) is 12.4. The van der Waals surface area contributed by atoms with Crippen molar-refractivity contribution in [3.05, 3.63) is 72.6 Å². The Balaban J connectivity index is 1.73. The molecule has 1 aromatic carbocycles. The van der Waals surface area contributed by atoms with Crippen LogP contribution in [-0.2, 0) is 6.54 Å². The highest BCUT2D eigenvalue weighted by atomic mass is 16.1. The van der Waals surface area contributed by atoms with E-state index in [-0.39, 0.29) is 11.9 Å². The Kier molecular flexibility index (Phi) is 4.68. The molecule has 2 heterocycles. The van der Waals surface area contributed by atoms with Gasteiger partial charge in [-0.25, -0.2) is 4.98 Å². The minimum absolute atomic E-state index is 0.124. The first kappa shape index (κ1) is 14.8. The highest BCUT2D eigenvalue weighted by Gasteiger charge is 2.16. The summed E-state index contributed by atoms with van der Waals surface area (Å²) in [6.07, 6.45) is 6.82. The van der Waals surface area contributed by atoms with Crippen LogP contribution in [0, 0.1) is 0 Å². The van der Waals surface area contributed by atoms with E-state index >= 15 is 0 Å². The summed E-state index contributed by atoms with van der Waals surface area (Å²) in [5, 5.41) is 14.6. The van der Waals surface area contributed by atoms with Gasteiger partial charge in [0.15, 0.2) is 0 Å². The topological polar surface area (TPSA) is 85.6 Å². The first-order valence-corrected chi connectivity index (χ1v) is 7.28. The Morgan fingerprint density at radius 1 is 1.17 bits per heavy atom. The van der Waals surface area contributed by atoms with Crippen LogP contribution < -0.4 is 5.32 Å². The van der Waals surface area contributed by atoms with Gasteiger partial charge in [0.1, 0.15) is 12.7 Å². The number of carbonyl (C=O) groups excluding carboxylic acids is 1. The van der Waals surface area contributed by atoms with Gasteiger partial charge >= 0.3 is 0 Å². The SMILES string of the molecule is O=C(NC(CCn1cncn1)c1ccccc1)c1ccnnc1. The Morgan fingerprint density at radius 3 is 2.74 bits per heavy atom. The maximum Gasteiger partial charge on any atom is 0.253 e. The van der Waals surface area contributed by atoms with Crippen molar-refractivity contribution in [1.82, 2.24) is 30.3 Å². The van der Waals surface area contributed by atoms with Gasteiger partial charge in [0.05, 0.1) is 24.0 Å². The summed E-state index contributed by atoms with van der Waals surface area (Å²) in [5.74, 6) is -0.174. The van der Waals surface area contributed by atoms with Gasteiger partial charge in [-0.2, -0.15) is 15.3 Å². The van der Waals surface area contributed by atoms with Crippen LogP contribution in [0.2, 0.25) is 0 Å². The van der Waals surface area contributed by atoms with Crippen LogP contribution in [0.3, 0.4) is 0 Å². The third-order valence-electron chi connectivity index (χ3n) is 3.47. The third-order valence-corrected chi connectivity index (χ3v) is 3.47. The van der Waals surface area contributed by atoms with Crippen LogP contribution >= 0.6 is 0 Å². The number of benzene rings is 1. The number of nitrogens with one attached hydrogen (secondary N) is 1. The lowest BCUT2D eigenvalue weighted by molar-refractivity contribution is 0.0932. The molecule has 0 aliphatic heterocycles. The molecule has 1 amide bonds. The molecule has 1 N–H and O–H groups in total. The van der Waals surface area contributed by atoms with E-state index in [9.17, 15) is 4.79 Å². The molecule has 116 valence electrons. The normalized spacial score (nSPS) is 11.8. The van der Waals surface area contributed by atoms with Gasteiger partial charge in [-0.05, 0) is 18.1 Å². The maximum absolute atomic E-state index is 12.4. The van der Waals surface area contributed by atoms with Crippen molar-refractivity contribution in [2.24, 2.45) is 0 Å². The quantitative estimate of drug-likeness (QED) is 0.748. The van der Waals surface area contributed by atoms with Gasteiger partial charge in [0.25, 0.3) is 5.91 Å². The summed E-state index contributed by atoms with van der Waals surface area (Å²) in [6.45, 7) is 0.661. The molecule has 7 heteroatoms.